The van der Waals surface area contributed by atoms with Crippen LogP contribution in [0.1, 0.15) is 0 Å². The van der Waals surface area contributed by atoms with E-state index in [0.29, 0.717) is 18.1 Å². The number of rotatable bonds is 4. The molecule has 0 amide bonds. The summed E-state index contributed by atoms with van der Waals surface area (Å²) in [4.78, 5) is 0. The van der Waals surface area contributed by atoms with Crippen molar-refractivity contribution >= 4 is 10.5 Å². The highest BCUT2D eigenvalue weighted by atomic mass is 28.2. The zero-order valence-corrected chi connectivity index (χ0v) is 7.62. The lowest BCUT2D eigenvalue weighted by Gasteiger charge is -2.07. The molecule has 0 heterocycles. The lowest BCUT2D eigenvalue weighted by molar-refractivity contribution is 0.351. The fourth-order valence-electron chi connectivity index (χ4n) is 0.802. The van der Waals surface area contributed by atoms with Crippen LogP contribution in [-0.4, -0.2) is 17.1 Å². The van der Waals surface area contributed by atoms with Gasteiger partial charge in [0, 0.05) is 0 Å². The van der Waals surface area contributed by atoms with Crippen LogP contribution in [0.3, 0.4) is 0 Å². The van der Waals surface area contributed by atoms with Crippen LogP contribution in [0.4, 0.5) is 0 Å². The smallest absolute Gasteiger partial charge is 0.341 e. The Morgan fingerprint density at radius 3 is 2.58 bits per heavy atom. The number of ether oxygens (including phenoxy) is 1. The lowest BCUT2D eigenvalue weighted by atomic mass is 10.3. The second-order valence-corrected chi connectivity index (χ2v) is 2.35. The van der Waals surface area contributed by atoms with Crippen LogP contribution in [0.25, 0.3) is 0 Å². The number of benzene rings is 1. The van der Waals surface area contributed by atoms with E-state index >= 15 is 0 Å². The molecule has 0 N–H and O–H groups in total. The van der Waals surface area contributed by atoms with Gasteiger partial charge in [0.05, 0.1) is 0 Å². The lowest BCUT2D eigenvalue weighted by Crippen LogP contribution is -1.95. The van der Waals surface area contributed by atoms with Crippen molar-refractivity contribution in [2.24, 2.45) is 0 Å². The van der Waals surface area contributed by atoms with E-state index in [9.17, 15) is 0 Å². The van der Waals surface area contributed by atoms with Gasteiger partial charge >= 0.3 is 10.5 Å². The zero-order chi connectivity index (χ0) is 8.81. The van der Waals surface area contributed by atoms with Crippen molar-refractivity contribution in [1.82, 2.24) is 0 Å². The van der Waals surface area contributed by atoms with Gasteiger partial charge in [-0.15, -0.1) is 0 Å². The average molecular weight is 177 g/mol. The summed E-state index contributed by atoms with van der Waals surface area (Å²) >= 11 is 0. The molecule has 3 radical (unpaired) electrons. The van der Waals surface area contributed by atoms with Crippen molar-refractivity contribution in [3.05, 3.63) is 36.9 Å². The molecule has 1 aromatic rings. The first-order valence-corrected chi connectivity index (χ1v) is 3.95. The quantitative estimate of drug-likeness (QED) is 0.515. The second kappa shape index (κ2) is 4.61. The molecule has 1 rings (SSSR count). The van der Waals surface area contributed by atoms with Gasteiger partial charge in [-0.05, 0) is 12.1 Å². The molecule has 0 aliphatic heterocycles. The summed E-state index contributed by atoms with van der Waals surface area (Å²) in [6.45, 7) is 4.03. The third-order valence-electron chi connectivity index (χ3n) is 1.32. The summed E-state index contributed by atoms with van der Waals surface area (Å²) < 4.78 is 10.2. The maximum atomic E-state index is 5.30. The van der Waals surface area contributed by atoms with E-state index in [1.807, 2.05) is 24.3 Å². The van der Waals surface area contributed by atoms with E-state index in [0.717, 1.165) is 0 Å². The minimum atomic E-state index is 0.479. The molecule has 0 saturated carbocycles. The largest absolute Gasteiger partial charge is 0.538 e. The normalized spacial score (nSPS) is 9.08. The van der Waals surface area contributed by atoms with E-state index in [4.69, 9.17) is 9.16 Å². The Bertz CT molecular complexity index is 260. The van der Waals surface area contributed by atoms with Crippen LogP contribution in [0.5, 0.6) is 11.5 Å². The average Bonchev–Trinajstić information content (AvgIpc) is 2.15. The van der Waals surface area contributed by atoms with Crippen molar-refractivity contribution in [1.29, 1.82) is 0 Å². The highest BCUT2D eigenvalue weighted by molar-refractivity contribution is 6.00. The van der Waals surface area contributed by atoms with Crippen molar-refractivity contribution in [2.45, 2.75) is 0 Å². The Labute approximate surface area is 75.4 Å². The second-order valence-electron chi connectivity index (χ2n) is 2.15. The molecule has 0 spiro atoms. The molecular formula is C9H9O2Si. The van der Waals surface area contributed by atoms with Gasteiger partial charge in [0.2, 0.25) is 0 Å². The molecule has 0 aliphatic rings. The Kier molecular flexibility index (Phi) is 3.41. The van der Waals surface area contributed by atoms with Gasteiger partial charge in [-0.25, -0.2) is 0 Å². The summed E-state index contributed by atoms with van der Waals surface area (Å²) in [6, 6.07) is 7.40. The summed E-state index contributed by atoms with van der Waals surface area (Å²) in [5.41, 5.74) is 0. The molecule has 0 aromatic heterocycles. The fraction of sp³-hybridized carbons (Fsp3) is 0.111. The van der Waals surface area contributed by atoms with Crippen molar-refractivity contribution < 1.29 is 9.16 Å². The SMILES string of the molecule is C=CCOc1ccccc1O[Si]. The Balaban J connectivity index is 2.74. The first-order valence-electron chi connectivity index (χ1n) is 3.54. The maximum Gasteiger partial charge on any atom is 0.341 e. The molecule has 0 atom stereocenters. The molecule has 0 saturated heterocycles. The van der Waals surface area contributed by atoms with Gasteiger partial charge in [-0.3, -0.25) is 0 Å². The summed E-state index contributed by atoms with van der Waals surface area (Å²) in [7, 11) is 2.94. The molecule has 0 fully saturated rings. The van der Waals surface area contributed by atoms with Gasteiger partial charge in [0.15, 0.2) is 5.75 Å². The maximum absolute atomic E-state index is 5.30. The summed E-state index contributed by atoms with van der Waals surface area (Å²) in [5, 5.41) is 0. The van der Waals surface area contributed by atoms with Crippen LogP contribution < -0.4 is 9.16 Å². The van der Waals surface area contributed by atoms with Crippen LogP contribution in [0, 0.1) is 0 Å². The van der Waals surface area contributed by atoms with E-state index in [1.54, 1.807) is 6.08 Å². The predicted octanol–water partition coefficient (Wildman–Crippen LogP) is 1.71. The highest BCUT2D eigenvalue weighted by Gasteiger charge is 1.99. The highest BCUT2D eigenvalue weighted by Crippen LogP contribution is 2.25. The van der Waals surface area contributed by atoms with Gasteiger partial charge in [-0.2, -0.15) is 0 Å². The summed E-state index contributed by atoms with van der Waals surface area (Å²) in [5.74, 6) is 1.36. The van der Waals surface area contributed by atoms with E-state index in [1.165, 1.54) is 0 Å². The van der Waals surface area contributed by atoms with Gasteiger partial charge < -0.3 is 9.16 Å². The molecule has 0 unspecified atom stereocenters. The zero-order valence-electron chi connectivity index (χ0n) is 6.62. The molecule has 1 aromatic carbocycles. The molecule has 12 heavy (non-hydrogen) atoms. The van der Waals surface area contributed by atoms with Crippen molar-refractivity contribution in [3.8, 4) is 11.5 Å². The molecule has 3 heteroatoms. The molecule has 0 aliphatic carbocycles. The van der Waals surface area contributed by atoms with Crippen molar-refractivity contribution in [3.63, 3.8) is 0 Å². The minimum Gasteiger partial charge on any atom is -0.538 e. The third kappa shape index (κ3) is 2.13. The Morgan fingerprint density at radius 2 is 2.00 bits per heavy atom. The molecular weight excluding hydrogens is 168 g/mol. The molecule has 2 nitrogen and oxygen atoms in total. The van der Waals surface area contributed by atoms with E-state index < -0.39 is 0 Å². The van der Waals surface area contributed by atoms with Crippen molar-refractivity contribution in [2.75, 3.05) is 6.61 Å². The van der Waals surface area contributed by atoms with Crippen LogP contribution in [0.15, 0.2) is 36.9 Å². The first-order chi connectivity index (χ1) is 5.88. The van der Waals surface area contributed by atoms with Gasteiger partial charge in [0.1, 0.15) is 12.4 Å². The topological polar surface area (TPSA) is 18.5 Å². The fourth-order valence-corrected chi connectivity index (χ4v) is 0.971. The predicted molar refractivity (Wildman–Crippen MR) is 48.5 cm³/mol. The van der Waals surface area contributed by atoms with Crippen LogP contribution in [0.2, 0.25) is 0 Å². The van der Waals surface area contributed by atoms with Gasteiger partial charge in [0.25, 0.3) is 0 Å². The minimum absolute atomic E-state index is 0.479. The summed E-state index contributed by atoms with van der Waals surface area (Å²) in [6.07, 6.45) is 1.68. The van der Waals surface area contributed by atoms with Crippen LogP contribution in [-0.2, 0) is 0 Å². The number of hydrogen-bond acceptors (Lipinski definition) is 2. The standard InChI is InChI=1S/C9H9O2Si/c1-2-7-10-8-5-3-4-6-9(8)11-12/h2-6H,1,7H2. The molecule has 0 bridgehead atoms. The third-order valence-corrected chi connectivity index (χ3v) is 1.54. The Morgan fingerprint density at radius 1 is 1.33 bits per heavy atom. The van der Waals surface area contributed by atoms with Gasteiger partial charge in [-0.1, -0.05) is 24.8 Å². The first kappa shape index (κ1) is 8.87. The van der Waals surface area contributed by atoms with E-state index in [2.05, 4.69) is 17.1 Å². The number of para-hydroxylation sites is 2. The Hall–Kier alpha value is -1.22. The monoisotopic (exact) mass is 177 g/mol. The number of hydrogen-bond donors (Lipinski definition) is 0. The van der Waals surface area contributed by atoms with Crippen LogP contribution >= 0.6 is 0 Å². The molecule has 61 valence electrons. The van der Waals surface area contributed by atoms with E-state index in [-0.39, 0.29) is 0 Å².